The van der Waals surface area contributed by atoms with E-state index in [2.05, 4.69) is 5.32 Å². The molecular weight excluding hydrogens is 296 g/mol. The maximum absolute atomic E-state index is 12.5. The second-order valence-electron chi connectivity index (χ2n) is 5.55. The van der Waals surface area contributed by atoms with E-state index in [0.717, 1.165) is 24.9 Å². The van der Waals surface area contributed by atoms with Gasteiger partial charge < -0.3 is 15.2 Å². The van der Waals surface area contributed by atoms with Crippen molar-refractivity contribution in [1.82, 2.24) is 5.32 Å². The highest BCUT2D eigenvalue weighted by molar-refractivity contribution is 7.99. The number of hydrogen-bond acceptors (Lipinski definition) is 4. The van der Waals surface area contributed by atoms with Crippen LogP contribution in [-0.2, 0) is 0 Å². The number of methoxy groups -OCH3 is 1. The third kappa shape index (κ3) is 4.31. The SMILES string of the molecule is COc1cc(C(C)NCC2(CO)CC2)ccc1SC(F)F. The van der Waals surface area contributed by atoms with E-state index in [1.54, 1.807) is 12.1 Å². The summed E-state index contributed by atoms with van der Waals surface area (Å²) in [5.74, 6) is -1.99. The summed E-state index contributed by atoms with van der Waals surface area (Å²) in [6.45, 7) is 2.99. The number of aliphatic hydroxyl groups is 1. The van der Waals surface area contributed by atoms with E-state index >= 15 is 0 Å². The van der Waals surface area contributed by atoms with Crippen LogP contribution in [0.3, 0.4) is 0 Å². The fourth-order valence-electron chi connectivity index (χ4n) is 2.20. The van der Waals surface area contributed by atoms with Crippen LogP contribution in [-0.4, -0.2) is 31.1 Å². The zero-order chi connectivity index (χ0) is 15.5. The van der Waals surface area contributed by atoms with Crippen molar-refractivity contribution >= 4 is 11.8 Å². The summed E-state index contributed by atoms with van der Waals surface area (Å²) in [6, 6.07) is 5.38. The minimum atomic E-state index is -2.46. The monoisotopic (exact) mass is 317 g/mol. The highest BCUT2D eigenvalue weighted by Crippen LogP contribution is 2.44. The van der Waals surface area contributed by atoms with E-state index < -0.39 is 5.76 Å². The van der Waals surface area contributed by atoms with Gasteiger partial charge in [0, 0.05) is 24.6 Å². The number of benzene rings is 1. The second-order valence-corrected chi connectivity index (χ2v) is 6.58. The van der Waals surface area contributed by atoms with Gasteiger partial charge in [0.2, 0.25) is 0 Å². The van der Waals surface area contributed by atoms with Gasteiger partial charge in [-0.25, -0.2) is 0 Å². The molecule has 1 unspecified atom stereocenters. The van der Waals surface area contributed by atoms with Gasteiger partial charge in [0.25, 0.3) is 5.76 Å². The van der Waals surface area contributed by atoms with Crippen LogP contribution in [0.2, 0.25) is 0 Å². The fraction of sp³-hybridized carbons (Fsp3) is 0.600. The van der Waals surface area contributed by atoms with Gasteiger partial charge in [-0.05, 0) is 37.5 Å². The topological polar surface area (TPSA) is 41.5 Å². The molecule has 0 bridgehead atoms. The van der Waals surface area contributed by atoms with Crippen molar-refractivity contribution in [3.05, 3.63) is 23.8 Å². The summed E-state index contributed by atoms with van der Waals surface area (Å²) < 4.78 is 30.1. The summed E-state index contributed by atoms with van der Waals surface area (Å²) >= 11 is 0.489. The van der Waals surface area contributed by atoms with Crippen LogP contribution in [0.15, 0.2) is 23.1 Å². The molecule has 1 aromatic rings. The Morgan fingerprint density at radius 3 is 2.67 bits per heavy atom. The van der Waals surface area contributed by atoms with Gasteiger partial charge in [0.15, 0.2) is 0 Å². The van der Waals surface area contributed by atoms with Crippen LogP contribution in [0.25, 0.3) is 0 Å². The van der Waals surface area contributed by atoms with Crippen molar-refractivity contribution in [2.75, 3.05) is 20.3 Å². The van der Waals surface area contributed by atoms with Crippen molar-refractivity contribution in [2.24, 2.45) is 5.41 Å². The number of aliphatic hydroxyl groups excluding tert-OH is 1. The zero-order valence-corrected chi connectivity index (χ0v) is 13.1. The lowest BCUT2D eigenvalue weighted by atomic mass is 10.1. The van der Waals surface area contributed by atoms with Gasteiger partial charge in [-0.3, -0.25) is 0 Å². The Balaban J connectivity index is 2.01. The summed E-state index contributed by atoms with van der Waals surface area (Å²) in [6.07, 6.45) is 2.10. The van der Waals surface area contributed by atoms with Gasteiger partial charge in [-0.15, -0.1) is 0 Å². The van der Waals surface area contributed by atoms with Crippen molar-refractivity contribution in [1.29, 1.82) is 0 Å². The highest BCUT2D eigenvalue weighted by atomic mass is 32.2. The quantitative estimate of drug-likeness (QED) is 0.721. The van der Waals surface area contributed by atoms with E-state index in [-0.39, 0.29) is 18.1 Å². The minimum Gasteiger partial charge on any atom is -0.496 e. The molecule has 3 nitrogen and oxygen atoms in total. The second kappa shape index (κ2) is 6.94. The number of rotatable bonds is 8. The third-order valence-electron chi connectivity index (χ3n) is 3.98. The molecule has 118 valence electrons. The van der Waals surface area contributed by atoms with Gasteiger partial charge >= 0.3 is 0 Å². The van der Waals surface area contributed by atoms with Crippen molar-refractivity contribution in [2.45, 2.75) is 36.5 Å². The molecule has 1 saturated carbocycles. The number of alkyl halides is 2. The van der Waals surface area contributed by atoms with Crippen LogP contribution >= 0.6 is 11.8 Å². The van der Waals surface area contributed by atoms with Crippen LogP contribution in [0.1, 0.15) is 31.4 Å². The Morgan fingerprint density at radius 2 is 2.14 bits per heavy atom. The molecule has 0 aliphatic heterocycles. The predicted octanol–water partition coefficient (Wildman–Crippen LogP) is 3.43. The van der Waals surface area contributed by atoms with E-state index in [1.165, 1.54) is 7.11 Å². The summed E-state index contributed by atoms with van der Waals surface area (Å²) in [5.41, 5.74) is 1.03. The molecule has 1 aromatic carbocycles. The number of nitrogens with one attached hydrogen (secondary N) is 1. The van der Waals surface area contributed by atoms with Crippen LogP contribution < -0.4 is 10.1 Å². The summed E-state index contributed by atoms with van der Waals surface area (Å²) in [7, 11) is 1.48. The molecule has 1 fully saturated rings. The van der Waals surface area contributed by atoms with Crippen molar-refractivity contribution in [3.63, 3.8) is 0 Å². The van der Waals surface area contributed by atoms with E-state index in [0.29, 0.717) is 22.4 Å². The maximum Gasteiger partial charge on any atom is 0.289 e. The first-order valence-corrected chi connectivity index (χ1v) is 7.85. The largest absolute Gasteiger partial charge is 0.496 e. The van der Waals surface area contributed by atoms with E-state index in [1.807, 2.05) is 13.0 Å². The fourth-order valence-corrected chi connectivity index (χ4v) is 2.80. The first kappa shape index (κ1) is 16.5. The normalized spacial score (nSPS) is 17.8. The lowest BCUT2D eigenvalue weighted by Crippen LogP contribution is -2.28. The number of thioether (sulfide) groups is 1. The molecule has 1 aliphatic carbocycles. The number of halogens is 2. The number of hydrogen-bond donors (Lipinski definition) is 2. The minimum absolute atomic E-state index is 0.0455. The zero-order valence-electron chi connectivity index (χ0n) is 12.2. The molecule has 0 aromatic heterocycles. The Labute approximate surface area is 128 Å². The van der Waals surface area contributed by atoms with Gasteiger partial charge in [0.1, 0.15) is 5.75 Å². The molecule has 0 spiro atoms. The van der Waals surface area contributed by atoms with Crippen LogP contribution in [0.5, 0.6) is 5.75 Å². The molecule has 0 saturated heterocycles. The molecule has 0 radical (unpaired) electrons. The smallest absolute Gasteiger partial charge is 0.289 e. The average Bonchev–Trinajstić information content (AvgIpc) is 3.25. The molecule has 1 atom stereocenters. The Hall–Kier alpha value is -0.850. The molecule has 0 amide bonds. The van der Waals surface area contributed by atoms with Gasteiger partial charge in [-0.2, -0.15) is 8.78 Å². The molecule has 2 N–H and O–H groups in total. The van der Waals surface area contributed by atoms with Crippen LogP contribution in [0.4, 0.5) is 8.78 Å². The van der Waals surface area contributed by atoms with Gasteiger partial charge in [0.05, 0.1) is 12.0 Å². The van der Waals surface area contributed by atoms with Crippen molar-refractivity contribution < 1.29 is 18.6 Å². The molecule has 2 rings (SSSR count). The first-order chi connectivity index (χ1) is 9.99. The summed E-state index contributed by atoms with van der Waals surface area (Å²) in [4.78, 5) is 0.442. The molecular formula is C15H21F2NO2S. The standard InChI is InChI=1S/C15H21F2NO2S/c1-10(18-8-15(9-19)5-6-15)11-3-4-13(21-14(16)17)12(7-11)20-2/h3-4,7,10,14,18-19H,5-6,8-9H2,1-2H3. The number of ether oxygens (including phenoxy) is 1. The first-order valence-electron chi connectivity index (χ1n) is 6.97. The third-order valence-corrected chi connectivity index (χ3v) is 4.75. The molecule has 21 heavy (non-hydrogen) atoms. The molecule has 6 heteroatoms. The van der Waals surface area contributed by atoms with Crippen LogP contribution in [0, 0.1) is 5.41 Å². The average molecular weight is 317 g/mol. The van der Waals surface area contributed by atoms with Gasteiger partial charge in [-0.1, -0.05) is 17.8 Å². The molecule has 0 heterocycles. The Bertz CT molecular complexity index is 481. The Kier molecular flexibility index (Phi) is 5.46. The van der Waals surface area contributed by atoms with E-state index in [4.69, 9.17) is 4.74 Å². The Morgan fingerprint density at radius 1 is 1.43 bits per heavy atom. The van der Waals surface area contributed by atoms with E-state index in [9.17, 15) is 13.9 Å². The predicted molar refractivity (Wildman–Crippen MR) is 80.0 cm³/mol. The lowest BCUT2D eigenvalue weighted by molar-refractivity contribution is 0.204. The lowest BCUT2D eigenvalue weighted by Gasteiger charge is -2.20. The van der Waals surface area contributed by atoms with Crippen molar-refractivity contribution in [3.8, 4) is 5.75 Å². The molecule has 1 aliphatic rings. The summed E-state index contributed by atoms with van der Waals surface area (Å²) in [5, 5.41) is 12.7. The highest BCUT2D eigenvalue weighted by Gasteiger charge is 2.41. The maximum atomic E-state index is 12.5.